The molecule has 0 saturated carbocycles. The summed E-state index contributed by atoms with van der Waals surface area (Å²) in [6.45, 7) is 3.32. The van der Waals surface area contributed by atoms with Gasteiger partial charge in [0.05, 0.1) is 0 Å². The van der Waals surface area contributed by atoms with Gasteiger partial charge in [0.15, 0.2) is 6.10 Å². The Balaban J connectivity index is 1.92. The van der Waals surface area contributed by atoms with E-state index in [0.29, 0.717) is 10.7 Å². The number of rotatable bonds is 5. The molecule has 0 fully saturated rings. The van der Waals surface area contributed by atoms with Gasteiger partial charge in [-0.05, 0) is 43.2 Å². The van der Waals surface area contributed by atoms with Crippen molar-refractivity contribution in [3.63, 3.8) is 0 Å². The van der Waals surface area contributed by atoms with Crippen LogP contribution in [0.3, 0.4) is 0 Å². The molecule has 2 aromatic rings. The topological polar surface area (TPSA) is 55.4 Å². The van der Waals surface area contributed by atoms with Gasteiger partial charge in [0.25, 0.3) is 5.91 Å². The molecule has 1 amide bonds. The average Bonchev–Trinajstić information content (AvgIpc) is 2.58. The fraction of sp³-hybridized carbons (Fsp3) is 0.158. The van der Waals surface area contributed by atoms with Crippen molar-refractivity contribution >= 4 is 35.2 Å². The van der Waals surface area contributed by atoms with E-state index in [4.69, 9.17) is 16.3 Å². The summed E-state index contributed by atoms with van der Waals surface area (Å²) in [6, 6.07) is 14.6. The Morgan fingerprint density at radius 3 is 2.54 bits per heavy atom. The summed E-state index contributed by atoms with van der Waals surface area (Å²) in [5, 5.41) is 3.26. The normalized spacial score (nSPS) is 12.0. The predicted octanol–water partition coefficient (Wildman–Crippen LogP) is 4.23. The van der Waals surface area contributed by atoms with Gasteiger partial charge in [-0.25, -0.2) is 4.79 Å². The highest BCUT2D eigenvalue weighted by Crippen LogP contribution is 2.23. The lowest BCUT2D eigenvalue weighted by Crippen LogP contribution is -2.29. The first kappa shape index (κ1) is 17.8. The fourth-order valence-corrected chi connectivity index (χ4v) is 2.15. The highest BCUT2D eigenvalue weighted by atomic mass is 35.5. The molecule has 2 aromatic carbocycles. The van der Waals surface area contributed by atoms with Gasteiger partial charge in [-0.1, -0.05) is 48.0 Å². The molecule has 0 radical (unpaired) electrons. The number of hydrogen-bond acceptors (Lipinski definition) is 3. The maximum atomic E-state index is 12.1. The largest absolute Gasteiger partial charge is 0.449 e. The van der Waals surface area contributed by atoms with Crippen LogP contribution in [0.4, 0.5) is 5.69 Å². The van der Waals surface area contributed by atoms with Crippen molar-refractivity contribution in [2.45, 2.75) is 20.0 Å². The van der Waals surface area contributed by atoms with E-state index in [2.05, 4.69) is 5.32 Å². The number of ether oxygens (including phenoxy) is 1. The molecule has 1 atom stereocenters. The number of halogens is 1. The van der Waals surface area contributed by atoms with Crippen LogP contribution in [-0.2, 0) is 14.3 Å². The molecule has 0 aliphatic heterocycles. The molecule has 0 bridgehead atoms. The van der Waals surface area contributed by atoms with Gasteiger partial charge >= 0.3 is 5.97 Å². The number of anilines is 1. The number of hydrogen-bond donors (Lipinski definition) is 1. The van der Waals surface area contributed by atoms with Crippen molar-refractivity contribution in [1.82, 2.24) is 0 Å². The minimum absolute atomic E-state index is 0.415. The Morgan fingerprint density at radius 2 is 1.83 bits per heavy atom. The summed E-state index contributed by atoms with van der Waals surface area (Å²) < 4.78 is 5.11. The lowest BCUT2D eigenvalue weighted by molar-refractivity contribution is -0.148. The molecule has 0 saturated heterocycles. The van der Waals surface area contributed by atoms with E-state index < -0.39 is 18.0 Å². The zero-order valence-corrected chi connectivity index (χ0v) is 14.2. The van der Waals surface area contributed by atoms with Gasteiger partial charge in [0.2, 0.25) is 0 Å². The third kappa shape index (κ3) is 4.96. The average molecular weight is 344 g/mol. The monoisotopic (exact) mass is 343 g/mol. The summed E-state index contributed by atoms with van der Waals surface area (Å²) in [5.41, 5.74) is 2.23. The third-order valence-electron chi connectivity index (χ3n) is 3.40. The maximum Gasteiger partial charge on any atom is 0.331 e. The van der Waals surface area contributed by atoms with Crippen LogP contribution in [0.5, 0.6) is 0 Å². The van der Waals surface area contributed by atoms with Crippen LogP contribution in [0.15, 0.2) is 54.6 Å². The van der Waals surface area contributed by atoms with Gasteiger partial charge in [0, 0.05) is 16.8 Å². The molecule has 0 aromatic heterocycles. The van der Waals surface area contributed by atoms with Gasteiger partial charge in [-0.2, -0.15) is 0 Å². The molecule has 1 N–H and O–H groups in total. The number of benzene rings is 2. The molecule has 0 heterocycles. The second-order valence-corrected chi connectivity index (χ2v) is 5.63. The minimum atomic E-state index is -0.920. The van der Waals surface area contributed by atoms with Gasteiger partial charge in [-0.15, -0.1) is 0 Å². The number of carbonyl (C=O) groups is 2. The number of esters is 1. The van der Waals surface area contributed by atoms with E-state index in [9.17, 15) is 9.59 Å². The molecule has 4 nitrogen and oxygen atoms in total. The Labute approximate surface area is 146 Å². The van der Waals surface area contributed by atoms with Crippen molar-refractivity contribution in [1.29, 1.82) is 0 Å². The zero-order valence-electron chi connectivity index (χ0n) is 13.5. The minimum Gasteiger partial charge on any atom is -0.449 e. The molecule has 2 rings (SSSR count). The number of nitrogens with one attached hydrogen (secondary N) is 1. The van der Waals surface area contributed by atoms with E-state index in [1.54, 1.807) is 31.2 Å². The SMILES string of the molecule is Cc1c(Cl)cccc1NC(=O)C(C)OC(=O)C=Cc1ccccc1. The van der Waals surface area contributed by atoms with E-state index in [-0.39, 0.29) is 0 Å². The summed E-state index contributed by atoms with van der Waals surface area (Å²) in [4.78, 5) is 23.9. The Bertz CT molecular complexity index is 756. The van der Waals surface area contributed by atoms with Crippen LogP contribution in [0.2, 0.25) is 5.02 Å². The summed E-state index contributed by atoms with van der Waals surface area (Å²) >= 11 is 6.01. The maximum absolute atomic E-state index is 12.1. The highest BCUT2D eigenvalue weighted by molar-refractivity contribution is 6.31. The molecule has 0 spiro atoms. The smallest absolute Gasteiger partial charge is 0.331 e. The van der Waals surface area contributed by atoms with E-state index in [0.717, 1.165) is 11.1 Å². The molecular formula is C19H18ClNO3. The lowest BCUT2D eigenvalue weighted by Gasteiger charge is -2.14. The van der Waals surface area contributed by atoms with Crippen molar-refractivity contribution in [2.24, 2.45) is 0 Å². The van der Waals surface area contributed by atoms with Crippen molar-refractivity contribution < 1.29 is 14.3 Å². The van der Waals surface area contributed by atoms with Crippen molar-refractivity contribution in [3.05, 3.63) is 70.8 Å². The molecule has 1 unspecified atom stereocenters. The lowest BCUT2D eigenvalue weighted by atomic mass is 10.2. The second kappa shape index (κ2) is 8.31. The van der Waals surface area contributed by atoms with Crippen LogP contribution in [0.25, 0.3) is 6.08 Å². The first-order chi connectivity index (χ1) is 11.5. The second-order valence-electron chi connectivity index (χ2n) is 5.22. The van der Waals surface area contributed by atoms with E-state index in [1.165, 1.54) is 13.0 Å². The van der Waals surface area contributed by atoms with Gasteiger partial charge < -0.3 is 10.1 Å². The van der Waals surface area contributed by atoms with Gasteiger partial charge in [-0.3, -0.25) is 4.79 Å². The Hall–Kier alpha value is -2.59. The van der Waals surface area contributed by atoms with E-state index in [1.807, 2.05) is 30.3 Å². The van der Waals surface area contributed by atoms with Crippen LogP contribution in [-0.4, -0.2) is 18.0 Å². The Kier molecular flexibility index (Phi) is 6.15. The summed E-state index contributed by atoms with van der Waals surface area (Å²) in [5.74, 6) is -0.994. The van der Waals surface area contributed by atoms with Crippen LogP contribution in [0.1, 0.15) is 18.1 Å². The zero-order chi connectivity index (χ0) is 17.5. The molecule has 0 aliphatic rings. The molecule has 0 aliphatic carbocycles. The molecular weight excluding hydrogens is 326 g/mol. The van der Waals surface area contributed by atoms with Gasteiger partial charge in [0.1, 0.15) is 0 Å². The van der Waals surface area contributed by atoms with Crippen molar-refractivity contribution in [3.8, 4) is 0 Å². The standard InChI is InChI=1S/C19H18ClNO3/c1-13-16(20)9-6-10-17(13)21-19(23)14(2)24-18(22)12-11-15-7-4-3-5-8-15/h3-12,14H,1-2H3,(H,21,23). The molecule has 5 heteroatoms. The quantitative estimate of drug-likeness (QED) is 0.652. The fourth-order valence-electron chi connectivity index (χ4n) is 1.97. The predicted molar refractivity (Wildman–Crippen MR) is 95.8 cm³/mol. The highest BCUT2D eigenvalue weighted by Gasteiger charge is 2.17. The number of amides is 1. The number of carbonyl (C=O) groups excluding carboxylic acids is 2. The van der Waals surface area contributed by atoms with Crippen LogP contribution >= 0.6 is 11.6 Å². The first-order valence-electron chi connectivity index (χ1n) is 7.47. The van der Waals surface area contributed by atoms with E-state index >= 15 is 0 Å². The summed E-state index contributed by atoms with van der Waals surface area (Å²) in [7, 11) is 0. The molecule has 24 heavy (non-hydrogen) atoms. The van der Waals surface area contributed by atoms with Crippen LogP contribution < -0.4 is 5.32 Å². The molecule has 124 valence electrons. The van der Waals surface area contributed by atoms with Crippen LogP contribution in [0, 0.1) is 6.92 Å². The van der Waals surface area contributed by atoms with Crippen molar-refractivity contribution in [2.75, 3.05) is 5.32 Å². The summed E-state index contributed by atoms with van der Waals surface area (Å²) in [6.07, 6.45) is 2.01. The third-order valence-corrected chi connectivity index (χ3v) is 3.81. The Morgan fingerprint density at radius 1 is 1.12 bits per heavy atom. The first-order valence-corrected chi connectivity index (χ1v) is 7.85.